The minimum atomic E-state index is -0.206. The van der Waals surface area contributed by atoms with Crippen LogP contribution in [-0.4, -0.2) is 40.5 Å². The summed E-state index contributed by atoms with van der Waals surface area (Å²) in [6.45, 7) is 2.63. The Morgan fingerprint density at radius 2 is 1.88 bits per heavy atom. The van der Waals surface area contributed by atoms with Crippen molar-refractivity contribution in [3.8, 4) is 11.4 Å². The molecule has 0 bridgehead atoms. The molecule has 1 aliphatic rings. The number of methoxy groups -OCH3 is 1. The van der Waals surface area contributed by atoms with E-state index in [0.29, 0.717) is 0 Å². The van der Waals surface area contributed by atoms with Gasteiger partial charge in [-0.2, -0.15) is 0 Å². The molecule has 1 saturated heterocycles. The zero-order valence-electron chi connectivity index (χ0n) is 14.9. The van der Waals surface area contributed by atoms with Gasteiger partial charge in [-0.3, -0.25) is 9.13 Å². The first kappa shape index (κ1) is 17.3. The highest BCUT2D eigenvalue weighted by molar-refractivity contribution is 7.71. The zero-order valence-corrected chi connectivity index (χ0v) is 15.7. The van der Waals surface area contributed by atoms with Crippen molar-refractivity contribution in [3.05, 3.63) is 53.3 Å². The highest BCUT2D eigenvalue weighted by Crippen LogP contribution is 2.23. The van der Waals surface area contributed by atoms with Crippen molar-refractivity contribution < 1.29 is 14.7 Å². The van der Waals surface area contributed by atoms with Crippen LogP contribution in [0.4, 0.5) is 0 Å². The van der Waals surface area contributed by atoms with Gasteiger partial charge in [-0.25, -0.2) is 0 Å². The fourth-order valence-electron chi connectivity index (χ4n) is 3.83. The number of hydrogen-bond acceptors (Lipinski definition) is 3. The van der Waals surface area contributed by atoms with Gasteiger partial charge in [0.25, 0.3) is 0 Å². The number of aliphatic hydroxyl groups is 1. The summed E-state index contributed by atoms with van der Waals surface area (Å²) < 4.78 is 10.4. The molecule has 2 heterocycles. The average Bonchev–Trinajstić information content (AvgIpc) is 2.94. The second kappa shape index (κ2) is 7.23. The predicted octanol–water partition coefficient (Wildman–Crippen LogP) is 2.17. The van der Waals surface area contributed by atoms with Gasteiger partial charge in [0.1, 0.15) is 18.4 Å². The minimum absolute atomic E-state index is 0.206. The van der Waals surface area contributed by atoms with Crippen LogP contribution in [-0.2, 0) is 6.67 Å². The number of rotatable bonds is 4. The lowest BCUT2D eigenvalue weighted by atomic mass is 10.1. The van der Waals surface area contributed by atoms with Gasteiger partial charge < -0.3 is 14.7 Å². The maximum absolute atomic E-state index is 10.00. The Labute approximate surface area is 158 Å². The Morgan fingerprint density at radius 1 is 1.15 bits per heavy atom. The average molecular weight is 370 g/mol. The number of likely N-dealkylation sites (tertiary alicyclic amines) is 1. The lowest BCUT2D eigenvalue weighted by Crippen LogP contribution is -3.13. The molecule has 1 aliphatic heterocycles. The fourth-order valence-corrected chi connectivity index (χ4v) is 4.20. The number of para-hydroxylation sites is 2. The van der Waals surface area contributed by atoms with Crippen molar-refractivity contribution in [2.45, 2.75) is 25.6 Å². The number of ether oxygens (including phenoxy) is 1. The number of quaternary nitrogens is 1. The molecule has 3 aromatic rings. The largest absolute Gasteiger partial charge is 0.497 e. The van der Waals surface area contributed by atoms with Gasteiger partial charge in [-0.15, -0.1) is 0 Å². The number of benzene rings is 2. The number of hydrogen-bond donors (Lipinski definition) is 2. The van der Waals surface area contributed by atoms with Crippen molar-refractivity contribution >= 4 is 23.3 Å². The molecule has 6 heteroatoms. The van der Waals surface area contributed by atoms with E-state index in [1.807, 2.05) is 36.4 Å². The lowest BCUT2D eigenvalue weighted by molar-refractivity contribution is -0.930. The Kier molecular flexibility index (Phi) is 4.80. The summed E-state index contributed by atoms with van der Waals surface area (Å²) in [5.41, 5.74) is 3.25. The number of aliphatic hydroxyl groups excluding tert-OH is 1. The summed E-state index contributed by atoms with van der Waals surface area (Å²) in [4.78, 5) is 1.37. The Morgan fingerprint density at radius 3 is 2.58 bits per heavy atom. The first-order valence-corrected chi connectivity index (χ1v) is 9.44. The van der Waals surface area contributed by atoms with E-state index in [1.54, 1.807) is 7.11 Å². The third kappa shape index (κ3) is 3.16. The van der Waals surface area contributed by atoms with Crippen molar-refractivity contribution in [2.24, 2.45) is 0 Å². The molecule has 0 radical (unpaired) electrons. The van der Waals surface area contributed by atoms with Crippen LogP contribution in [0.15, 0.2) is 48.5 Å². The molecular weight excluding hydrogens is 346 g/mol. The van der Waals surface area contributed by atoms with Gasteiger partial charge in [-0.1, -0.05) is 12.1 Å². The molecule has 1 fully saturated rings. The van der Waals surface area contributed by atoms with Crippen molar-refractivity contribution in [3.63, 3.8) is 0 Å². The first-order valence-electron chi connectivity index (χ1n) is 9.03. The van der Waals surface area contributed by atoms with E-state index < -0.39 is 0 Å². The van der Waals surface area contributed by atoms with Gasteiger partial charge in [0.15, 0.2) is 11.4 Å². The van der Waals surface area contributed by atoms with Gasteiger partial charge in [0, 0.05) is 5.69 Å². The molecule has 2 aromatic carbocycles. The molecule has 2 atom stereocenters. The van der Waals surface area contributed by atoms with Crippen LogP contribution < -0.4 is 9.64 Å². The van der Waals surface area contributed by atoms with Crippen LogP contribution in [0.1, 0.15) is 12.8 Å². The second-order valence-corrected chi connectivity index (χ2v) is 7.26. The van der Waals surface area contributed by atoms with Crippen LogP contribution in [0.2, 0.25) is 0 Å². The zero-order chi connectivity index (χ0) is 18.1. The Hall–Kier alpha value is -2.15. The predicted molar refractivity (Wildman–Crippen MR) is 105 cm³/mol. The van der Waals surface area contributed by atoms with E-state index >= 15 is 0 Å². The molecule has 0 spiro atoms. The molecule has 1 aromatic heterocycles. The van der Waals surface area contributed by atoms with Crippen molar-refractivity contribution in [2.75, 3.05) is 20.2 Å². The van der Waals surface area contributed by atoms with E-state index in [0.717, 1.165) is 59.8 Å². The van der Waals surface area contributed by atoms with Crippen LogP contribution >= 0.6 is 12.2 Å². The number of imidazole rings is 1. The van der Waals surface area contributed by atoms with Crippen LogP contribution in [0, 0.1) is 4.77 Å². The summed E-state index contributed by atoms with van der Waals surface area (Å²) in [7, 11) is 1.67. The SMILES string of the molecule is COc1ccc(-n2c(=S)n(C[NH+]3CCC[C@H](O)C3)c3ccccc32)cc1. The van der Waals surface area contributed by atoms with Gasteiger partial charge in [-0.05, 0) is 61.5 Å². The Bertz CT molecular complexity index is 961. The molecule has 136 valence electrons. The number of nitrogens with one attached hydrogen (secondary N) is 1. The summed E-state index contributed by atoms with van der Waals surface area (Å²) in [5, 5.41) is 10.00. The lowest BCUT2D eigenvalue weighted by Gasteiger charge is -2.27. The molecular formula is C20H24N3O2S+. The smallest absolute Gasteiger partial charge is 0.189 e. The van der Waals surface area contributed by atoms with E-state index in [2.05, 4.69) is 21.3 Å². The minimum Gasteiger partial charge on any atom is -0.497 e. The molecule has 1 unspecified atom stereocenters. The van der Waals surface area contributed by atoms with Gasteiger partial charge in [0.05, 0.1) is 24.7 Å². The summed E-state index contributed by atoms with van der Waals surface area (Å²) in [5.74, 6) is 0.829. The topological polar surface area (TPSA) is 43.8 Å². The van der Waals surface area contributed by atoms with Crippen LogP contribution in [0.25, 0.3) is 16.7 Å². The number of nitrogens with zero attached hydrogens (tertiary/aromatic N) is 2. The standard InChI is InChI=1S/C20H23N3O2S/c1-25-17-10-8-15(9-11-17)23-19-7-3-2-6-18(19)22(20(23)26)14-21-12-4-5-16(24)13-21/h2-3,6-11,16,24H,4-5,12-14H2,1H3/p+1/t16-/m0/s1. The van der Waals surface area contributed by atoms with Gasteiger partial charge >= 0.3 is 0 Å². The number of fused-ring (bicyclic) bond motifs is 1. The van der Waals surface area contributed by atoms with Crippen molar-refractivity contribution in [1.29, 1.82) is 0 Å². The molecule has 26 heavy (non-hydrogen) atoms. The molecule has 0 saturated carbocycles. The van der Waals surface area contributed by atoms with Crippen molar-refractivity contribution in [1.82, 2.24) is 9.13 Å². The maximum Gasteiger partial charge on any atom is 0.189 e. The molecule has 0 amide bonds. The van der Waals surface area contributed by atoms with Crippen LogP contribution in [0.3, 0.4) is 0 Å². The highest BCUT2D eigenvalue weighted by atomic mass is 32.1. The first-order chi connectivity index (χ1) is 12.7. The molecule has 0 aliphatic carbocycles. The summed E-state index contributed by atoms with van der Waals surface area (Å²) in [6.07, 6.45) is 1.76. The molecule has 5 nitrogen and oxygen atoms in total. The quantitative estimate of drug-likeness (QED) is 0.692. The maximum atomic E-state index is 10.00. The van der Waals surface area contributed by atoms with E-state index in [4.69, 9.17) is 17.0 Å². The van der Waals surface area contributed by atoms with E-state index in [9.17, 15) is 5.11 Å². The summed E-state index contributed by atoms with van der Waals surface area (Å²) in [6, 6.07) is 16.3. The highest BCUT2D eigenvalue weighted by Gasteiger charge is 2.23. The molecule has 4 rings (SSSR count). The summed E-state index contributed by atoms with van der Waals surface area (Å²) >= 11 is 5.85. The van der Waals surface area contributed by atoms with Gasteiger partial charge in [0.2, 0.25) is 0 Å². The third-order valence-corrected chi connectivity index (χ3v) is 5.54. The van der Waals surface area contributed by atoms with E-state index in [1.165, 1.54) is 4.90 Å². The van der Waals surface area contributed by atoms with Crippen LogP contribution in [0.5, 0.6) is 5.75 Å². The monoisotopic (exact) mass is 370 g/mol. The second-order valence-electron chi connectivity index (χ2n) is 6.89. The third-order valence-electron chi connectivity index (χ3n) is 5.14. The number of piperidine rings is 1. The van der Waals surface area contributed by atoms with E-state index in [-0.39, 0.29) is 6.10 Å². The Balaban J connectivity index is 1.79. The normalized spacial score (nSPS) is 20.4. The molecule has 2 N–H and O–H groups in total. The number of aromatic nitrogens is 2. The fraction of sp³-hybridized carbons (Fsp3) is 0.350.